The maximum absolute atomic E-state index is 13.0. The van der Waals surface area contributed by atoms with Crippen LogP contribution in [0.2, 0.25) is 10.0 Å². The van der Waals surface area contributed by atoms with E-state index >= 15 is 0 Å². The molecule has 1 atom stereocenters. The van der Waals surface area contributed by atoms with Crippen LogP contribution in [0.25, 0.3) is 10.9 Å². The van der Waals surface area contributed by atoms with Gasteiger partial charge in [-0.2, -0.15) is 0 Å². The van der Waals surface area contributed by atoms with E-state index in [0.29, 0.717) is 15.7 Å². The number of H-pyrrole nitrogens is 1. The van der Waals surface area contributed by atoms with Gasteiger partial charge in [0.15, 0.2) is 0 Å². The number of halogens is 2. The molecule has 6 heteroatoms. The van der Waals surface area contributed by atoms with Gasteiger partial charge in [-0.05, 0) is 48.7 Å². The molecule has 1 amide bonds. The zero-order chi connectivity index (χ0) is 16.7. The third-order valence-corrected chi connectivity index (χ3v) is 5.34. The largest absolute Gasteiger partial charge is 0.350 e. The molecule has 1 saturated heterocycles. The van der Waals surface area contributed by atoms with Crippen molar-refractivity contribution in [3.8, 4) is 0 Å². The van der Waals surface area contributed by atoms with E-state index in [0.717, 1.165) is 35.9 Å². The van der Waals surface area contributed by atoms with Crippen molar-refractivity contribution in [1.82, 2.24) is 14.9 Å². The van der Waals surface area contributed by atoms with Crippen LogP contribution >= 0.6 is 23.2 Å². The molecule has 1 aliphatic heterocycles. The molecule has 3 heterocycles. The van der Waals surface area contributed by atoms with Gasteiger partial charge in [-0.15, -0.1) is 0 Å². The van der Waals surface area contributed by atoms with Gasteiger partial charge in [0.25, 0.3) is 5.91 Å². The van der Waals surface area contributed by atoms with Gasteiger partial charge in [-0.25, -0.2) is 0 Å². The Labute approximate surface area is 149 Å². The number of pyridine rings is 1. The summed E-state index contributed by atoms with van der Waals surface area (Å²) in [4.78, 5) is 22.1. The Hall–Kier alpha value is -2.04. The van der Waals surface area contributed by atoms with Gasteiger partial charge in [0.05, 0.1) is 16.1 Å². The van der Waals surface area contributed by atoms with Crippen LogP contribution in [0, 0.1) is 0 Å². The third kappa shape index (κ3) is 2.56. The smallest absolute Gasteiger partial charge is 0.270 e. The second-order valence-electron chi connectivity index (χ2n) is 5.94. The first kappa shape index (κ1) is 15.5. The van der Waals surface area contributed by atoms with Crippen molar-refractivity contribution >= 4 is 40.0 Å². The summed E-state index contributed by atoms with van der Waals surface area (Å²) in [5.41, 5.74) is 2.47. The molecular weight excluding hydrogens is 345 g/mol. The molecule has 0 spiro atoms. The third-order valence-electron chi connectivity index (χ3n) is 4.53. The fourth-order valence-electron chi connectivity index (χ4n) is 3.35. The first-order valence-corrected chi connectivity index (χ1v) is 8.58. The van der Waals surface area contributed by atoms with Crippen LogP contribution in [0.5, 0.6) is 0 Å². The first-order chi connectivity index (χ1) is 11.6. The molecule has 24 heavy (non-hydrogen) atoms. The highest BCUT2D eigenvalue weighted by Gasteiger charge is 2.31. The maximum atomic E-state index is 13.0. The van der Waals surface area contributed by atoms with Crippen molar-refractivity contribution < 1.29 is 4.79 Å². The lowest BCUT2D eigenvalue weighted by Gasteiger charge is -2.24. The highest BCUT2D eigenvalue weighted by atomic mass is 35.5. The summed E-state index contributed by atoms with van der Waals surface area (Å²) in [7, 11) is 0. The molecular formula is C18H15Cl2N3O. The number of aromatic nitrogens is 2. The van der Waals surface area contributed by atoms with E-state index in [1.54, 1.807) is 24.5 Å². The molecule has 4 nitrogen and oxygen atoms in total. The lowest BCUT2D eigenvalue weighted by Crippen LogP contribution is -2.30. The Bertz CT molecular complexity index is 907. The van der Waals surface area contributed by atoms with Crippen molar-refractivity contribution in [2.75, 3.05) is 6.54 Å². The van der Waals surface area contributed by atoms with Crippen molar-refractivity contribution in [2.24, 2.45) is 0 Å². The predicted molar refractivity (Wildman–Crippen MR) is 95.6 cm³/mol. The average Bonchev–Trinajstić information content (AvgIpc) is 3.25. The topological polar surface area (TPSA) is 49.0 Å². The molecule has 1 fully saturated rings. The number of nitrogens with one attached hydrogen (secondary N) is 1. The minimum Gasteiger partial charge on any atom is -0.350 e. The van der Waals surface area contributed by atoms with E-state index in [1.807, 2.05) is 23.1 Å². The number of fused-ring (bicyclic) bond motifs is 1. The van der Waals surface area contributed by atoms with Gasteiger partial charge in [0.2, 0.25) is 0 Å². The second-order valence-corrected chi connectivity index (χ2v) is 6.73. The van der Waals surface area contributed by atoms with Gasteiger partial charge in [0.1, 0.15) is 5.69 Å². The maximum Gasteiger partial charge on any atom is 0.270 e. The number of amides is 1. The zero-order valence-electron chi connectivity index (χ0n) is 12.8. The Kier molecular flexibility index (Phi) is 3.94. The predicted octanol–water partition coefficient (Wildman–Crippen LogP) is 4.85. The molecule has 2 aromatic heterocycles. The van der Waals surface area contributed by atoms with E-state index in [-0.39, 0.29) is 11.9 Å². The van der Waals surface area contributed by atoms with Crippen molar-refractivity contribution in [3.05, 3.63) is 64.0 Å². The lowest BCUT2D eigenvalue weighted by molar-refractivity contribution is 0.0730. The number of hydrogen-bond donors (Lipinski definition) is 1. The Morgan fingerprint density at radius 2 is 2.00 bits per heavy atom. The fourth-order valence-corrected chi connectivity index (χ4v) is 3.74. The van der Waals surface area contributed by atoms with Crippen molar-refractivity contribution in [1.29, 1.82) is 0 Å². The number of carbonyl (C=O) groups is 1. The summed E-state index contributed by atoms with van der Waals surface area (Å²) >= 11 is 12.3. The highest BCUT2D eigenvalue weighted by molar-refractivity contribution is 6.45. The minimum absolute atomic E-state index is 0.0160. The molecule has 0 aliphatic carbocycles. The number of likely N-dealkylation sites (tertiary alicyclic amines) is 1. The lowest BCUT2D eigenvalue weighted by atomic mass is 10.1. The second kappa shape index (κ2) is 6.11. The van der Waals surface area contributed by atoms with E-state index in [9.17, 15) is 4.79 Å². The van der Waals surface area contributed by atoms with Crippen LogP contribution < -0.4 is 0 Å². The number of rotatable bonds is 2. The molecule has 0 unspecified atom stereocenters. The summed E-state index contributed by atoms with van der Waals surface area (Å²) in [6, 6.07) is 9.38. The van der Waals surface area contributed by atoms with Crippen molar-refractivity contribution in [2.45, 2.75) is 18.9 Å². The summed E-state index contributed by atoms with van der Waals surface area (Å²) < 4.78 is 0. The van der Waals surface area contributed by atoms with E-state index in [2.05, 4.69) is 9.97 Å². The van der Waals surface area contributed by atoms with Gasteiger partial charge >= 0.3 is 0 Å². The average molecular weight is 360 g/mol. The van der Waals surface area contributed by atoms with Crippen LogP contribution in [-0.4, -0.2) is 27.3 Å². The van der Waals surface area contributed by atoms with Crippen LogP contribution in [0.4, 0.5) is 0 Å². The first-order valence-electron chi connectivity index (χ1n) is 7.83. The molecule has 4 rings (SSSR count). The van der Waals surface area contributed by atoms with Crippen LogP contribution in [-0.2, 0) is 0 Å². The van der Waals surface area contributed by atoms with E-state index < -0.39 is 0 Å². The van der Waals surface area contributed by atoms with Gasteiger partial charge in [0, 0.05) is 29.8 Å². The summed E-state index contributed by atoms with van der Waals surface area (Å²) in [5.74, 6) is -0.0160. The summed E-state index contributed by atoms with van der Waals surface area (Å²) in [5, 5.41) is 1.72. The standard InChI is InChI=1S/C18H15Cl2N3O/c19-13-3-4-14-12(17(13)20)10-15(22-14)18(24)23-9-1-2-16(23)11-5-7-21-8-6-11/h3-8,10,16,22H,1-2,9H2/t16-/m0/s1. The van der Waals surface area contributed by atoms with Crippen LogP contribution in [0.3, 0.4) is 0 Å². The molecule has 0 radical (unpaired) electrons. The SMILES string of the molecule is O=C(c1cc2c(Cl)c(Cl)ccc2[nH]1)N1CCC[C@H]1c1ccncc1. The van der Waals surface area contributed by atoms with Gasteiger partial charge in [-0.3, -0.25) is 9.78 Å². The number of aromatic amines is 1. The molecule has 0 saturated carbocycles. The summed E-state index contributed by atoms with van der Waals surface area (Å²) in [6.07, 6.45) is 5.48. The van der Waals surface area contributed by atoms with Crippen LogP contribution in [0.15, 0.2) is 42.7 Å². The quantitative estimate of drug-likeness (QED) is 0.710. The fraction of sp³-hybridized carbons (Fsp3) is 0.222. The Morgan fingerprint density at radius 3 is 2.79 bits per heavy atom. The molecule has 0 bridgehead atoms. The molecule has 1 aromatic carbocycles. The minimum atomic E-state index is -0.0160. The molecule has 1 aliphatic rings. The monoisotopic (exact) mass is 359 g/mol. The molecule has 122 valence electrons. The van der Waals surface area contributed by atoms with Gasteiger partial charge in [-0.1, -0.05) is 23.2 Å². The number of hydrogen-bond acceptors (Lipinski definition) is 2. The number of benzene rings is 1. The Balaban J connectivity index is 1.69. The number of nitrogens with zero attached hydrogens (tertiary/aromatic N) is 2. The zero-order valence-corrected chi connectivity index (χ0v) is 14.3. The van der Waals surface area contributed by atoms with E-state index in [1.165, 1.54) is 0 Å². The highest BCUT2D eigenvalue weighted by Crippen LogP contribution is 2.35. The van der Waals surface area contributed by atoms with E-state index in [4.69, 9.17) is 23.2 Å². The molecule has 3 aromatic rings. The summed E-state index contributed by atoms with van der Waals surface area (Å²) in [6.45, 7) is 0.746. The van der Waals surface area contributed by atoms with Crippen LogP contribution in [0.1, 0.15) is 34.9 Å². The molecule has 1 N–H and O–H groups in total. The normalized spacial score (nSPS) is 17.6. The van der Waals surface area contributed by atoms with Gasteiger partial charge < -0.3 is 9.88 Å². The van der Waals surface area contributed by atoms with Crippen molar-refractivity contribution in [3.63, 3.8) is 0 Å². The Morgan fingerprint density at radius 1 is 1.21 bits per heavy atom. The number of carbonyl (C=O) groups excluding carboxylic acids is 1.